The normalized spacial score (nSPS) is 26.1. The highest BCUT2D eigenvalue weighted by molar-refractivity contribution is 7.80. The fourth-order valence-electron chi connectivity index (χ4n) is 4.21. The third-order valence-electron chi connectivity index (χ3n) is 5.79. The highest BCUT2D eigenvalue weighted by Crippen LogP contribution is 2.50. The van der Waals surface area contributed by atoms with E-state index >= 15 is 0 Å². The predicted molar refractivity (Wildman–Crippen MR) is 108 cm³/mol. The van der Waals surface area contributed by atoms with Gasteiger partial charge in [-0.3, -0.25) is 15.0 Å². The Morgan fingerprint density at radius 3 is 2.56 bits per heavy atom. The second kappa shape index (κ2) is 5.92. The molecule has 0 amide bonds. The van der Waals surface area contributed by atoms with Gasteiger partial charge in [0.25, 0.3) is 5.69 Å². The topological polar surface area (TPSA) is 67.6 Å². The molecule has 3 atom stereocenters. The molecular weight excluding hydrogens is 362 g/mol. The van der Waals surface area contributed by atoms with Crippen molar-refractivity contribution in [3.05, 3.63) is 63.2 Å². The van der Waals surface area contributed by atoms with Gasteiger partial charge < -0.3 is 10.1 Å². The zero-order valence-electron chi connectivity index (χ0n) is 15.6. The van der Waals surface area contributed by atoms with Gasteiger partial charge in [-0.15, -0.1) is 0 Å². The van der Waals surface area contributed by atoms with Gasteiger partial charge in [0, 0.05) is 23.6 Å². The second-order valence-corrected chi connectivity index (χ2v) is 7.81. The first kappa shape index (κ1) is 17.7. The summed E-state index contributed by atoms with van der Waals surface area (Å²) >= 11 is 5.72. The van der Waals surface area contributed by atoms with Crippen LogP contribution in [0.1, 0.15) is 36.6 Å². The molecule has 27 heavy (non-hydrogen) atoms. The Kier molecular flexibility index (Phi) is 3.89. The molecule has 0 aliphatic carbocycles. The molecule has 7 heteroatoms. The van der Waals surface area contributed by atoms with E-state index in [0.717, 1.165) is 22.4 Å². The summed E-state index contributed by atoms with van der Waals surface area (Å²) in [5.41, 5.74) is 3.39. The van der Waals surface area contributed by atoms with Crippen molar-refractivity contribution < 1.29 is 9.66 Å². The van der Waals surface area contributed by atoms with Crippen LogP contribution in [0.3, 0.4) is 0 Å². The van der Waals surface area contributed by atoms with E-state index in [9.17, 15) is 10.1 Å². The van der Waals surface area contributed by atoms with E-state index in [2.05, 4.69) is 43.1 Å². The van der Waals surface area contributed by atoms with Gasteiger partial charge in [-0.1, -0.05) is 25.1 Å². The molecule has 2 aliphatic heterocycles. The van der Waals surface area contributed by atoms with Gasteiger partial charge in [0.05, 0.1) is 16.7 Å². The molecule has 1 fully saturated rings. The quantitative estimate of drug-likeness (QED) is 0.471. The number of para-hydroxylation sites is 1. The van der Waals surface area contributed by atoms with Gasteiger partial charge in [0.15, 0.2) is 10.8 Å². The van der Waals surface area contributed by atoms with Crippen LogP contribution in [0.4, 0.5) is 11.4 Å². The Bertz CT molecular complexity index is 957. The van der Waals surface area contributed by atoms with Crippen molar-refractivity contribution in [1.82, 2.24) is 5.32 Å². The Hall–Kier alpha value is -2.67. The van der Waals surface area contributed by atoms with E-state index in [0.29, 0.717) is 10.9 Å². The predicted octanol–water partition coefficient (Wildman–Crippen LogP) is 4.39. The Labute approximate surface area is 163 Å². The lowest BCUT2D eigenvalue weighted by Gasteiger charge is -2.56. The lowest BCUT2D eigenvalue weighted by atomic mass is 9.80. The molecule has 0 unspecified atom stereocenters. The van der Waals surface area contributed by atoms with Crippen LogP contribution in [0.2, 0.25) is 0 Å². The van der Waals surface area contributed by atoms with Crippen molar-refractivity contribution in [2.45, 2.75) is 39.5 Å². The molecule has 0 saturated carbocycles. The fraction of sp³-hybridized carbons (Fsp3) is 0.350. The summed E-state index contributed by atoms with van der Waals surface area (Å²) in [5.74, 6) is 0.662. The molecule has 2 aliphatic rings. The monoisotopic (exact) mass is 383 g/mol. The minimum Gasteiger partial charge on any atom is -0.467 e. The standard InChI is InChI=1S/C20H21N3O3S/c1-11-6-5-7-12(2)18(11)22-19(27)21-17-13(3)20(22,4)26-16-9-8-14(23(24)25)10-15(16)17/h5-10,13,17H,1-4H3,(H,21,27)/t13-,17+,20+/m1/s1. The lowest BCUT2D eigenvalue weighted by molar-refractivity contribution is -0.385. The fourth-order valence-corrected chi connectivity index (χ4v) is 4.61. The number of rotatable bonds is 2. The van der Waals surface area contributed by atoms with Gasteiger partial charge in [-0.05, 0) is 50.2 Å². The minimum atomic E-state index is -0.701. The van der Waals surface area contributed by atoms with E-state index in [1.807, 2.05) is 13.0 Å². The highest BCUT2D eigenvalue weighted by Gasteiger charge is 2.54. The van der Waals surface area contributed by atoms with Crippen molar-refractivity contribution >= 4 is 28.7 Å². The first-order chi connectivity index (χ1) is 12.7. The second-order valence-electron chi connectivity index (χ2n) is 7.43. The van der Waals surface area contributed by atoms with E-state index in [1.165, 1.54) is 6.07 Å². The summed E-state index contributed by atoms with van der Waals surface area (Å²) in [4.78, 5) is 12.9. The van der Waals surface area contributed by atoms with Crippen LogP contribution in [0.25, 0.3) is 0 Å². The molecule has 1 N–H and O–H groups in total. The summed E-state index contributed by atoms with van der Waals surface area (Å²) in [5, 5.41) is 15.2. The summed E-state index contributed by atoms with van der Waals surface area (Å²) in [7, 11) is 0. The number of nitro benzene ring substituents is 1. The van der Waals surface area contributed by atoms with Gasteiger partial charge in [-0.25, -0.2) is 0 Å². The molecule has 0 spiro atoms. The summed E-state index contributed by atoms with van der Waals surface area (Å²) < 4.78 is 6.46. The van der Waals surface area contributed by atoms with Gasteiger partial charge in [0.2, 0.25) is 0 Å². The van der Waals surface area contributed by atoms with Gasteiger partial charge >= 0.3 is 0 Å². The third kappa shape index (κ3) is 2.49. The SMILES string of the molecule is Cc1cccc(C)c1N1C(=S)N[C@@H]2c3cc([N+](=O)[O-])ccc3O[C@@]1(C)[C@@H]2C. The number of ether oxygens (including phenoxy) is 1. The van der Waals surface area contributed by atoms with E-state index in [-0.39, 0.29) is 22.6 Å². The smallest absolute Gasteiger partial charge is 0.270 e. The number of non-ortho nitro benzene ring substituents is 1. The van der Waals surface area contributed by atoms with E-state index in [1.54, 1.807) is 12.1 Å². The third-order valence-corrected chi connectivity index (χ3v) is 6.09. The molecule has 4 rings (SSSR count). The molecule has 2 aromatic carbocycles. The highest BCUT2D eigenvalue weighted by atomic mass is 32.1. The number of aryl methyl sites for hydroxylation is 2. The number of fused-ring (bicyclic) bond motifs is 4. The maximum atomic E-state index is 11.2. The maximum absolute atomic E-state index is 11.2. The van der Waals surface area contributed by atoms with Crippen molar-refractivity contribution in [3.63, 3.8) is 0 Å². The van der Waals surface area contributed by atoms with Crippen LogP contribution in [0.15, 0.2) is 36.4 Å². The molecular formula is C20H21N3O3S. The van der Waals surface area contributed by atoms with Crippen molar-refractivity contribution in [2.24, 2.45) is 5.92 Å². The number of nitro groups is 1. The number of nitrogens with one attached hydrogen (secondary N) is 1. The lowest BCUT2D eigenvalue weighted by Crippen LogP contribution is -2.69. The average Bonchev–Trinajstić information content (AvgIpc) is 2.60. The van der Waals surface area contributed by atoms with Crippen molar-refractivity contribution in [1.29, 1.82) is 0 Å². The van der Waals surface area contributed by atoms with Crippen molar-refractivity contribution in [2.75, 3.05) is 4.90 Å². The summed E-state index contributed by atoms with van der Waals surface area (Å²) in [6.45, 7) is 8.24. The van der Waals surface area contributed by atoms with Gasteiger partial charge in [-0.2, -0.15) is 0 Å². The molecule has 140 valence electrons. The van der Waals surface area contributed by atoms with Crippen LogP contribution < -0.4 is 15.0 Å². The minimum absolute atomic E-state index is 0.0118. The van der Waals surface area contributed by atoms with Crippen LogP contribution in [0, 0.1) is 29.9 Å². The molecule has 0 aromatic heterocycles. The number of hydrogen-bond acceptors (Lipinski definition) is 4. The van der Waals surface area contributed by atoms with E-state index in [4.69, 9.17) is 17.0 Å². The molecule has 2 heterocycles. The molecule has 2 bridgehead atoms. The maximum Gasteiger partial charge on any atom is 0.270 e. The number of hydrogen-bond donors (Lipinski definition) is 1. The molecule has 1 saturated heterocycles. The van der Waals surface area contributed by atoms with Crippen LogP contribution in [-0.2, 0) is 0 Å². The first-order valence-corrected chi connectivity index (χ1v) is 9.29. The average molecular weight is 383 g/mol. The van der Waals surface area contributed by atoms with Crippen LogP contribution in [0.5, 0.6) is 5.75 Å². The zero-order valence-corrected chi connectivity index (χ0v) is 16.5. The Morgan fingerprint density at radius 2 is 1.93 bits per heavy atom. The number of anilines is 1. The van der Waals surface area contributed by atoms with Crippen LogP contribution >= 0.6 is 12.2 Å². The number of thiocarbonyl (C=S) groups is 1. The number of nitrogens with zero attached hydrogens (tertiary/aromatic N) is 2. The van der Waals surface area contributed by atoms with Gasteiger partial charge in [0.1, 0.15) is 5.75 Å². The number of benzene rings is 2. The van der Waals surface area contributed by atoms with Crippen LogP contribution in [-0.4, -0.2) is 15.8 Å². The Morgan fingerprint density at radius 1 is 1.26 bits per heavy atom. The zero-order chi connectivity index (χ0) is 19.5. The first-order valence-electron chi connectivity index (χ1n) is 8.88. The van der Waals surface area contributed by atoms with Crippen molar-refractivity contribution in [3.8, 4) is 5.75 Å². The molecule has 6 nitrogen and oxygen atoms in total. The largest absolute Gasteiger partial charge is 0.467 e. The summed E-state index contributed by atoms with van der Waals surface area (Å²) in [6, 6.07) is 10.8. The summed E-state index contributed by atoms with van der Waals surface area (Å²) in [6.07, 6.45) is 0. The molecule has 0 radical (unpaired) electrons. The van der Waals surface area contributed by atoms with E-state index < -0.39 is 5.72 Å². The molecule has 2 aromatic rings. The Balaban J connectivity index is 1.88.